The summed E-state index contributed by atoms with van der Waals surface area (Å²) in [6.45, 7) is 2.06. The maximum Gasteiger partial charge on any atom is 0.232 e. The molecular weight excluding hydrogens is 248 g/mol. The van der Waals surface area contributed by atoms with Crippen LogP contribution in [0.1, 0.15) is 31.4 Å². The van der Waals surface area contributed by atoms with Gasteiger partial charge in [0.15, 0.2) is 0 Å². The Morgan fingerprint density at radius 1 is 1.28 bits per heavy atom. The summed E-state index contributed by atoms with van der Waals surface area (Å²) in [5, 5.41) is 3.14. The molecule has 1 aromatic carbocycles. The van der Waals surface area contributed by atoms with E-state index in [9.17, 15) is 8.42 Å². The third kappa shape index (κ3) is 3.71. The van der Waals surface area contributed by atoms with Crippen molar-refractivity contribution in [1.29, 1.82) is 0 Å². The SMILES string of the molecule is CNC(C)c1ccc(NS(=O)(=O)CC2CC2)cc1. The minimum absolute atomic E-state index is 0.252. The number of hydrogen-bond donors (Lipinski definition) is 2. The number of sulfonamides is 1. The Morgan fingerprint density at radius 3 is 2.39 bits per heavy atom. The van der Waals surface area contributed by atoms with E-state index in [-0.39, 0.29) is 11.8 Å². The largest absolute Gasteiger partial charge is 0.313 e. The standard InChI is InChI=1S/C13H20N2O2S/c1-10(14-2)12-5-7-13(8-6-12)15-18(16,17)9-11-3-4-11/h5-8,10-11,14-15H,3-4,9H2,1-2H3. The molecule has 1 aromatic rings. The fourth-order valence-corrected chi connectivity index (χ4v) is 3.36. The van der Waals surface area contributed by atoms with Crippen molar-refractivity contribution in [1.82, 2.24) is 5.32 Å². The summed E-state index contributed by atoms with van der Waals surface area (Å²) >= 11 is 0. The van der Waals surface area contributed by atoms with Gasteiger partial charge in [0.25, 0.3) is 0 Å². The molecule has 1 saturated carbocycles. The second-order valence-electron chi connectivity index (χ2n) is 4.96. The molecule has 0 heterocycles. The van der Waals surface area contributed by atoms with Crippen molar-refractivity contribution >= 4 is 15.7 Å². The average Bonchev–Trinajstić information content (AvgIpc) is 3.11. The fourth-order valence-electron chi connectivity index (χ4n) is 1.82. The van der Waals surface area contributed by atoms with Gasteiger partial charge in [-0.1, -0.05) is 12.1 Å². The fraction of sp³-hybridized carbons (Fsp3) is 0.538. The lowest BCUT2D eigenvalue weighted by molar-refractivity contribution is 0.597. The van der Waals surface area contributed by atoms with Gasteiger partial charge >= 0.3 is 0 Å². The van der Waals surface area contributed by atoms with Crippen molar-refractivity contribution in [3.63, 3.8) is 0 Å². The summed E-state index contributed by atoms with van der Waals surface area (Å²) in [6.07, 6.45) is 2.08. The second kappa shape index (κ2) is 5.28. The third-order valence-corrected chi connectivity index (χ3v) is 4.73. The van der Waals surface area contributed by atoms with Gasteiger partial charge < -0.3 is 5.32 Å². The molecule has 0 aromatic heterocycles. The first-order valence-electron chi connectivity index (χ1n) is 6.28. The number of rotatable bonds is 6. The predicted octanol–water partition coefficient (Wildman–Crippen LogP) is 2.12. The van der Waals surface area contributed by atoms with E-state index in [4.69, 9.17) is 0 Å². The van der Waals surface area contributed by atoms with Gasteiger partial charge in [-0.3, -0.25) is 4.72 Å². The maximum atomic E-state index is 11.8. The van der Waals surface area contributed by atoms with Crippen molar-refractivity contribution in [2.45, 2.75) is 25.8 Å². The predicted molar refractivity (Wildman–Crippen MR) is 74.1 cm³/mol. The maximum absolute atomic E-state index is 11.8. The van der Waals surface area contributed by atoms with E-state index in [0.29, 0.717) is 11.6 Å². The molecule has 0 radical (unpaired) electrons. The zero-order valence-corrected chi connectivity index (χ0v) is 11.6. The van der Waals surface area contributed by atoms with E-state index in [1.54, 1.807) is 0 Å². The Balaban J connectivity index is 2.01. The number of anilines is 1. The van der Waals surface area contributed by atoms with E-state index >= 15 is 0 Å². The van der Waals surface area contributed by atoms with Crippen LogP contribution in [0.2, 0.25) is 0 Å². The Bertz CT molecular complexity index is 492. The highest BCUT2D eigenvalue weighted by Gasteiger charge is 2.27. The zero-order valence-electron chi connectivity index (χ0n) is 10.8. The first-order valence-corrected chi connectivity index (χ1v) is 7.93. The number of hydrogen-bond acceptors (Lipinski definition) is 3. The first kappa shape index (κ1) is 13.4. The lowest BCUT2D eigenvalue weighted by Crippen LogP contribution is -2.18. The molecule has 0 bridgehead atoms. The Labute approximate surface area is 109 Å². The van der Waals surface area contributed by atoms with E-state index in [1.807, 2.05) is 31.3 Å². The van der Waals surface area contributed by atoms with E-state index in [2.05, 4.69) is 17.0 Å². The monoisotopic (exact) mass is 268 g/mol. The highest BCUT2D eigenvalue weighted by atomic mass is 32.2. The van der Waals surface area contributed by atoms with Gasteiger partial charge in [-0.25, -0.2) is 8.42 Å². The van der Waals surface area contributed by atoms with Crippen LogP contribution >= 0.6 is 0 Å². The molecule has 0 aliphatic heterocycles. The Kier molecular flexibility index (Phi) is 3.92. The molecule has 1 fully saturated rings. The molecule has 1 unspecified atom stereocenters. The van der Waals surface area contributed by atoms with Crippen LogP contribution in [0.25, 0.3) is 0 Å². The van der Waals surface area contributed by atoms with Crippen molar-refractivity contribution in [2.24, 2.45) is 5.92 Å². The molecular formula is C13H20N2O2S. The molecule has 4 nitrogen and oxygen atoms in total. The molecule has 0 saturated heterocycles. The van der Waals surface area contributed by atoms with Crippen LogP contribution < -0.4 is 10.0 Å². The normalized spacial score (nSPS) is 17.4. The molecule has 100 valence electrons. The summed E-state index contributed by atoms with van der Waals surface area (Å²) in [5.74, 6) is 0.618. The van der Waals surface area contributed by atoms with Crippen LogP contribution in [0.5, 0.6) is 0 Å². The lowest BCUT2D eigenvalue weighted by Gasteiger charge is -2.12. The van der Waals surface area contributed by atoms with Gasteiger partial charge in [0, 0.05) is 11.7 Å². The van der Waals surface area contributed by atoms with Crippen molar-refractivity contribution in [2.75, 3.05) is 17.5 Å². The van der Waals surface area contributed by atoms with Crippen LogP contribution in [0.15, 0.2) is 24.3 Å². The molecule has 1 aliphatic carbocycles. The Morgan fingerprint density at radius 2 is 1.89 bits per heavy atom. The molecule has 2 rings (SSSR count). The summed E-state index contributed by atoms with van der Waals surface area (Å²) in [5.41, 5.74) is 1.78. The summed E-state index contributed by atoms with van der Waals surface area (Å²) in [6, 6.07) is 7.77. The summed E-state index contributed by atoms with van der Waals surface area (Å²) in [4.78, 5) is 0. The first-order chi connectivity index (χ1) is 8.50. The van der Waals surface area contributed by atoms with Crippen molar-refractivity contribution in [3.05, 3.63) is 29.8 Å². The molecule has 5 heteroatoms. The van der Waals surface area contributed by atoms with Crippen LogP contribution in [-0.2, 0) is 10.0 Å². The van der Waals surface area contributed by atoms with Gasteiger partial charge in [0.05, 0.1) is 5.75 Å². The van der Waals surface area contributed by atoms with Gasteiger partial charge in [0.2, 0.25) is 10.0 Å². The smallest absolute Gasteiger partial charge is 0.232 e. The van der Waals surface area contributed by atoms with Gasteiger partial charge in [0.1, 0.15) is 0 Å². The van der Waals surface area contributed by atoms with Crippen LogP contribution in [0.3, 0.4) is 0 Å². The number of nitrogens with one attached hydrogen (secondary N) is 2. The Hall–Kier alpha value is -1.07. The molecule has 2 N–H and O–H groups in total. The highest BCUT2D eigenvalue weighted by Crippen LogP contribution is 2.30. The average molecular weight is 268 g/mol. The summed E-state index contributed by atoms with van der Waals surface area (Å²) < 4.78 is 26.2. The molecule has 0 spiro atoms. The van der Waals surface area contributed by atoms with E-state index in [1.165, 1.54) is 0 Å². The molecule has 0 amide bonds. The molecule has 1 aliphatic rings. The minimum Gasteiger partial charge on any atom is -0.313 e. The van der Waals surface area contributed by atoms with Gasteiger partial charge in [-0.2, -0.15) is 0 Å². The lowest BCUT2D eigenvalue weighted by atomic mass is 10.1. The van der Waals surface area contributed by atoms with Crippen LogP contribution in [-0.4, -0.2) is 21.2 Å². The van der Waals surface area contributed by atoms with Crippen LogP contribution in [0.4, 0.5) is 5.69 Å². The quantitative estimate of drug-likeness (QED) is 0.831. The highest BCUT2D eigenvalue weighted by molar-refractivity contribution is 7.92. The summed E-state index contributed by atoms with van der Waals surface area (Å²) in [7, 11) is -1.28. The second-order valence-corrected chi connectivity index (χ2v) is 6.73. The number of benzene rings is 1. The van der Waals surface area contributed by atoms with E-state index in [0.717, 1.165) is 18.4 Å². The molecule has 18 heavy (non-hydrogen) atoms. The van der Waals surface area contributed by atoms with Gasteiger partial charge in [-0.05, 0) is 50.4 Å². The van der Waals surface area contributed by atoms with Gasteiger partial charge in [-0.15, -0.1) is 0 Å². The topological polar surface area (TPSA) is 58.2 Å². The third-order valence-electron chi connectivity index (χ3n) is 3.27. The minimum atomic E-state index is -3.18. The molecule has 1 atom stereocenters. The zero-order chi connectivity index (χ0) is 13.2. The van der Waals surface area contributed by atoms with Crippen molar-refractivity contribution in [3.8, 4) is 0 Å². The van der Waals surface area contributed by atoms with Crippen molar-refractivity contribution < 1.29 is 8.42 Å². The van der Waals surface area contributed by atoms with E-state index < -0.39 is 10.0 Å². The van der Waals surface area contributed by atoms with Crippen LogP contribution in [0, 0.1) is 5.92 Å².